The topological polar surface area (TPSA) is 89.0 Å². The van der Waals surface area contributed by atoms with Crippen molar-refractivity contribution in [1.29, 1.82) is 0 Å². The van der Waals surface area contributed by atoms with Gasteiger partial charge in [-0.2, -0.15) is 15.0 Å². The lowest BCUT2D eigenvalue weighted by molar-refractivity contribution is 0.312. The highest BCUT2D eigenvalue weighted by Gasteiger charge is 2.08. The summed E-state index contributed by atoms with van der Waals surface area (Å²) in [6, 6.07) is 0.288. The molecule has 0 radical (unpaired) electrons. The minimum absolute atomic E-state index is 0.143. The van der Waals surface area contributed by atoms with Crippen molar-refractivity contribution in [1.82, 2.24) is 15.0 Å². The minimum Gasteiger partial charge on any atom is -0.464 e. The Kier molecular flexibility index (Phi) is 6.48. The van der Waals surface area contributed by atoms with Crippen molar-refractivity contribution in [2.45, 2.75) is 25.5 Å². The van der Waals surface area contributed by atoms with Crippen LogP contribution in [0.1, 0.15) is 20.3 Å². The summed E-state index contributed by atoms with van der Waals surface area (Å²) in [7, 11) is 0.921. The number of rotatable bonds is 8. The van der Waals surface area contributed by atoms with E-state index in [1.807, 2.05) is 13.8 Å². The molecule has 1 aromatic rings. The Morgan fingerprint density at radius 3 is 2.58 bits per heavy atom. The fourth-order valence-corrected chi connectivity index (χ4v) is 1.74. The maximum atomic E-state index is 11.2. The molecule has 0 aromatic carbocycles. The molecule has 0 bridgehead atoms. The first-order valence-corrected chi connectivity index (χ1v) is 7.81. The molecule has 0 aliphatic carbocycles. The van der Waals surface area contributed by atoms with Crippen LogP contribution in [0.4, 0.5) is 11.9 Å². The molecule has 1 heterocycles. The maximum Gasteiger partial charge on any atom is 0.323 e. The molecule has 1 aromatic heterocycles. The summed E-state index contributed by atoms with van der Waals surface area (Å²) in [5.74, 6) is 0.907. The highest BCUT2D eigenvalue weighted by molar-refractivity contribution is 7.84. The third-order valence-corrected chi connectivity index (χ3v) is 3.88. The molecular formula is C11H21N5O2S. The standard InChI is InChI=1S/C11H21N5O2S/c1-5-18-11-15-9(12-3)14-10(16-11)13-7-6-8(2)19(4)17/h8H,5-7H2,1-4H3,(H2,12,13,14,15,16). The highest BCUT2D eigenvalue weighted by atomic mass is 32.2. The maximum absolute atomic E-state index is 11.2. The molecule has 2 atom stereocenters. The van der Waals surface area contributed by atoms with Crippen molar-refractivity contribution in [2.75, 3.05) is 37.1 Å². The van der Waals surface area contributed by atoms with Gasteiger partial charge < -0.3 is 15.4 Å². The van der Waals surface area contributed by atoms with Crippen LogP contribution in [0.3, 0.4) is 0 Å². The Bertz CT molecular complexity index is 430. The van der Waals surface area contributed by atoms with Gasteiger partial charge in [0, 0.05) is 35.9 Å². The van der Waals surface area contributed by atoms with Gasteiger partial charge in [-0.3, -0.25) is 4.21 Å². The number of aromatic nitrogens is 3. The van der Waals surface area contributed by atoms with Gasteiger partial charge in [0.05, 0.1) is 6.61 Å². The fraction of sp³-hybridized carbons (Fsp3) is 0.727. The predicted octanol–water partition coefficient (Wildman–Crippen LogP) is 0.881. The molecule has 0 aliphatic heterocycles. The molecule has 19 heavy (non-hydrogen) atoms. The third-order valence-electron chi connectivity index (χ3n) is 2.51. The first kappa shape index (κ1) is 15.6. The van der Waals surface area contributed by atoms with Crippen LogP contribution in [0.15, 0.2) is 0 Å². The Labute approximate surface area is 116 Å². The largest absolute Gasteiger partial charge is 0.464 e. The summed E-state index contributed by atoms with van der Waals surface area (Å²) in [5, 5.41) is 6.08. The van der Waals surface area contributed by atoms with Crippen molar-refractivity contribution in [3.05, 3.63) is 0 Å². The van der Waals surface area contributed by atoms with E-state index in [2.05, 4.69) is 25.6 Å². The summed E-state index contributed by atoms with van der Waals surface area (Å²) in [4.78, 5) is 12.4. The number of hydrogen-bond acceptors (Lipinski definition) is 7. The van der Waals surface area contributed by atoms with Gasteiger partial charge in [0.15, 0.2) is 0 Å². The Morgan fingerprint density at radius 1 is 1.32 bits per heavy atom. The van der Waals surface area contributed by atoms with E-state index < -0.39 is 10.8 Å². The van der Waals surface area contributed by atoms with Crippen LogP contribution in [0.5, 0.6) is 6.01 Å². The first-order chi connectivity index (χ1) is 9.06. The van der Waals surface area contributed by atoms with Gasteiger partial charge in [0.25, 0.3) is 0 Å². The lowest BCUT2D eigenvalue weighted by Gasteiger charge is -2.10. The van der Waals surface area contributed by atoms with Crippen LogP contribution >= 0.6 is 0 Å². The number of ether oxygens (including phenoxy) is 1. The molecule has 7 nitrogen and oxygen atoms in total. The fourth-order valence-electron chi connectivity index (χ4n) is 1.29. The quantitative estimate of drug-likeness (QED) is 0.733. The Balaban J connectivity index is 2.61. The van der Waals surface area contributed by atoms with Crippen molar-refractivity contribution < 1.29 is 8.95 Å². The van der Waals surface area contributed by atoms with E-state index in [4.69, 9.17) is 4.74 Å². The van der Waals surface area contributed by atoms with Gasteiger partial charge in [0.2, 0.25) is 11.9 Å². The lowest BCUT2D eigenvalue weighted by Crippen LogP contribution is -2.16. The Hall–Kier alpha value is -1.44. The first-order valence-electron chi connectivity index (χ1n) is 6.19. The lowest BCUT2D eigenvalue weighted by atomic mass is 10.3. The summed E-state index contributed by atoms with van der Waals surface area (Å²) in [6.45, 7) is 4.97. The molecule has 1 rings (SSSR count). The molecule has 0 fully saturated rings. The Morgan fingerprint density at radius 2 is 2.00 bits per heavy atom. The number of nitrogens with zero attached hydrogens (tertiary/aromatic N) is 3. The molecule has 0 saturated heterocycles. The normalized spacial score (nSPS) is 13.7. The molecule has 2 unspecified atom stereocenters. The van der Waals surface area contributed by atoms with Gasteiger partial charge in [-0.15, -0.1) is 0 Å². The van der Waals surface area contributed by atoms with Gasteiger partial charge in [0.1, 0.15) is 0 Å². The zero-order chi connectivity index (χ0) is 14.3. The second-order valence-corrected chi connectivity index (χ2v) is 5.77. The van der Waals surface area contributed by atoms with Crippen LogP contribution in [0.25, 0.3) is 0 Å². The number of nitrogens with one attached hydrogen (secondary N) is 2. The number of anilines is 2. The van der Waals surface area contributed by atoms with Crippen LogP contribution in [0, 0.1) is 0 Å². The van der Waals surface area contributed by atoms with Crippen LogP contribution in [-0.2, 0) is 10.8 Å². The van der Waals surface area contributed by atoms with Gasteiger partial charge in [-0.1, -0.05) is 6.92 Å². The minimum atomic E-state index is -0.812. The third kappa shape index (κ3) is 5.37. The van der Waals surface area contributed by atoms with E-state index in [0.717, 1.165) is 6.42 Å². The molecule has 108 valence electrons. The van der Waals surface area contributed by atoms with E-state index >= 15 is 0 Å². The van der Waals surface area contributed by atoms with Crippen molar-refractivity contribution in [3.8, 4) is 6.01 Å². The smallest absolute Gasteiger partial charge is 0.323 e. The average Bonchev–Trinajstić information content (AvgIpc) is 2.38. The van der Waals surface area contributed by atoms with E-state index in [0.29, 0.717) is 25.0 Å². The van der Waals surface area contributed by atoms with Crippen molar-refractivity contribution in [3.63, 3.8) is 0 Å². The molecule has 0 spiro atoms. The molecule has 0 aliphatic rings. The molecular weight excluding hydrogens is 266 g/mol. The van der Waals surface area contributed by atoms with Crippen molar-refractivity contribution in [2.24, 2.45) is 0 Å². The zero-order valence-electron chi connectivity index (χ0n) is 11.8. The van der Waals surface area contributed by atoms with E-state index in [1.54, 1.807) is 13.3 Å². The van der Waals surface area contributed by atoms with Gasteiger partial charge in [-0.25, -0.2) is 0 Å². The van der Waals surface area contributed by atoms with Gasteiger partial charge in [-0.05, 0) is 13.3 Å². The molecule has 2 N–H and O–H groups in total. The second kappa shape index (κ2) is 7.88. The summed E-state index contributed by atoms with van der Waals surface area (Å²) in [6.07, 6.45) is 2.49. The van der Waals surface area contributed by atoms with E-state index in [1.165, 1.54) is 0 Å². The second-order valence-electron chi connectivity index (χ2n) is 3.97. The van der Waals surface area contributed by atoms with E-state index in [-0.39, 0.29) is 11.3 Å². The van der Waals surface area contributed by atoms with Crippen molar-refractivity contribution >= 4 is 22.7 Å². The summed E-state index contributed by atoms with van der Waals surface area (Å²) < 4.78 is 16.5. The van der Waals surface area contributed by atoms with Crippen LogP contribution in [-0.4, -0.2) is 50.9 Å². The zero-order valence-corrected chi connectivity index (χ0v) is 12.6. The van der Waals surface area contributed by atoms with E-state index in [9.17, 15) is 4.21 Å². The highest BCUT2D eigenvalue weighted by Crippen LogP contribution is 2.11. The summed E-state index contributed by atoms with van der Waals surface area (Å²) in [5.41, 5.74) is 0. The summed E-state index contributed by atoms with van der Waals surface area (Å²) >= 11 is 0. The van der Waals surface area contributed by atoms with Gasteiger partial charge >= 0.3 is 6.01 Å². The molecule has 0 saturated carbocycles. The van der Waals surface area contributed by atoms with Crippen LogP contribution < -0.4 is 15.4 Å². The average molecular weight is 287 g/mol. The number of hydrogen-bond donors (Lipinski definition) is 2. The molecule has 0 amide bonds. The SMILES string of the molecule is CCOc1nc(NC)nc(NCCC(C)S(C)=O)n1. The monoisotopic (exact) mass is 287 g/mol. The predicted molar refractivity (Wildman–Crippen MR) is 77.2 cm³/mol. The molecule has 8 heteroatoms. The van der Waals surface area contributed by atoms with Crippen LogP contribution in [0.2, 0.25) is 0 Å².